The van der Waals surface area contributed by atoms with Gasteiger partial charge in [-0.2, -0.15) is 0 Å². The minimum absolute atomic E-state index is 0.0449. The van der Waals surface area contributed by atoms with E-state index in [1.165, 1.54) is 11.8 Å². The maximum absolute atomic E-state index is 13.8. The maximum atomic E-state index is 13.8. The molecule has 0 radical (unpaired) electrons. The number of ketones is 1. The standard InChI is InChI=1S/C32H33N3O4S/c1-18-15-23(39-22-7-5-4-6-8-22)11-12-24(18)26-25-13-14-33-31-27(25)32(3,35-29(26)37)28(40-31)30(38)34-21-10-9-20(17-21)16-19(2)36/h4-8,11-15,20-21,26,28H,9-10,16-17H2,1-3H3,(H,34,38)(H,35,37)/t20-,21-,26?,28?,32?/m0/s1. The van der Waals surface area contributed by atoms with E-state index in [-0.39, 0.29) is 23.6 Å². The van der Waals surface area contributed by atoms with E-state index in [2.05, 4.69) is 15.6 Å². The molecule has 1 aromatic heterocycles. The predicted molar refractivity (Wildman–Crippen MR) is 153 cm³/mol. The third-order valence-electron chi connectivity index (χ3n) is 8.41. The fraction of sp³-hybridized carbons (Fsp3) is 0.375. The Kier molecular flexibility index (Phi) is 6.90. The number of para-hydroxylation sites is 1. The molecule has 2 aliphatic heterocycles. The molecule has 2 N–H and O–H groups in total. The van der Waals surface area contributed by atoms with Crippen LogP contribution >= 0.6 is 11.8 Å². The molecule has 3 heterocycles. The monoisotopic (exact) mass is 555 g/mol. The van der Waals surface area contributed by atoms with E-state index in [4.69, 9.17) is 4.74 Å². The lowest BCUT2D eigenvalue weighted by molar-refractivity contribution is -0.126. The average molecular weight is 556 g/mol. The number of rotatable bonds is 7. The highest BCUT2D eigenvalue weighted by Gasteiger charge is 2.55. The number of hydrogen-bond acceptors (Lipinski definition) is 6. The van der Waals surface area contributed by atoms with E-state index in [1.54, 1.807) is 13.1 Å². The van der Waals surface area contributed by atoms with Crippen LogP contribution in [0.15, 0.2) is 65.8 Å². The first kappa shape index (κ1) is 26.6. The topological polar surface area (TPSA) is 97.4 Å². The number of carbonyl (C=O) groups is 3. The minimum atomic E-state index is -0.872. The van der Waals surface area contributed by atoms with E-state index in [1.807, 2.05) is 68.4 Å². The van der Waals surface area contributed by atoms with Gasteiger partial charge in [0.1, 0.15) is 27.6 Å². The first-order valence-corrected chi connectivity index (χ1v) is 14.7. The number of thioether (sulfide) groups is 1. The summed E-state index contributed by atoms with van der Waals surface area (Å²) >= 11 is 1.42. The number of aromatic nitrogens is 1. The summed E-state index contributed by atoms with van der Waals surface area (Å²) in [6.07, 6.45) is 4.92. The molecule has 1 aliphatic carbocycles. The first-order chi connectivity index (χ1) is 19.2. The van der Waals surface area contributed by atoms with Gasteiger partial charge in [0.15, 0.2) is 0 Å². The van der Waals surface area contributed by atoms with E-state index < -0.39 is 16.7 Å². The number of nitrogens with one attached hydrogen (secondary N) is 2. The fourth-order valence-electron chi connectivity index (χ4n) is 6.63. The number of hydrogen-bond donors (Lipinski definition) is 2. The highest BCUT2D eigenvalue weighted by atomic mass is 32.2. The number of ether oxygens (including phenoxy) is 1. The number of carbonyl (C=O) groups excluding carboxylic acids is 3. The Morgan fingerprint density at radius 2 is 1.90 bits per heavy atom. The van der Waals surface area contributed by atoms with Crippen LogP contribution < -0.4 is 15.4 Å². The summed E-state index contributed by atoms with van der Waals surface area (Å²) in [4.78, 5) is 43.6. The lowest BCUT2D eigenvalue weighted by Gasteiger charge is -2.40. The Hall–Kier alpha value is -3.65. The van der Waals surface area contributed by atoms with Gasteiger partial charge in [0.2, 0.25) is 11.8 Å². The zero-order valence-electron chi connectivity index (χ0n) is 22.9. The van der Waals surface area contributed by atoms with E-state index in [9.17, 15) is 14.4 Å². The molecule has 6 rings (SSSR count). The third-order valence-corrected chi connectivity index (χ3v) is 9.86. The molecule has 206 valence electrons. The van der Waals surface area contributed by atoms with Crippen molar-refractivity contribution in [2.45, 2.75) is 74.2 Å². The Balaban J connectivity index is 1.25. The summed E-state index contributed by atoms with van der Waals surface area (Å²) in [6.45, 7) is 5.55. The quantitative estimate of drug-likeness (QED) is 0.405. The van der Waals surface area contributed by atoms with Crippen molar-refractivity contribution in [3.63, 3.8) is 0 Å². The maximum Gasteiger partial charge on any atom is 0.236 e. The van der Waals surface area contributed by atoms with Crippen LogP contribution in [0, 0.1) is 12.8 Å². The van der Waals surface area contributed by atoms with Gasteiger partial charge in [-0.15, -0.1) is 0 Å². The van der Waals surface area contributed by atoms with Crippen LogP contribution in [0.1, 0.15) is 67.7 Å². The van der Waals surface area contributed by atoms with Crippen LogP contribution in [0.2, 0.25) is 0 Å². The Labute approximate surface area is 238 Å². The number of nitrogens with zero attached hydrogens (tertiary/aromatic N) is 1. The van der Waals surface area contributed by atoms with Crippen molar-refractivity contribution >= 4 is 29.4 Å². The second kappa shape index (κ2) is 10.4. The largest absolute Gasteiger partial charge is 0.457 e. The van der Waals surface area contributed by atoms with Crippen LogP contribution in [-0.4, -0.2) is 33.9 Å². The van der Waals surface area contributed by atoms with Crippen molar-refractivity contribution in [1.29, 1.82) is 0 Å². The lowest BCUT2D eigenvalue weighted by atomic mass is 9.75. The van der Waals surface area contributed by atoms with E-state index in [0.29, 0.717) is 18.1 Å². The molecule has 40 heavy (non-hydrogen) atoms. The van der Waals surface area contributed by atoms with Gasteiger partial charge < -0.3 is 20.2 Å². The Morgan fingerprint density at radius 1 is 1.10 bits per heavy atom. The summed E-state index contributed by atoms with van der Waals surface area (Å²) in [5, 5.41) is 6.71. The number of amides is 2. The molecule has 5 atom stereocenters. The average Bonchev–Trinajstić information content (AvgIpc) is 3.47. The van der Waals surface area contributed by atoms with Crippen molar-refractivity contribution < 1.29 is 19.1 Å². The fourth-order valence-corrected chi connectivity index (χ4v) is 8.01. The van der Waals surface area contributed by atoms with E-state index in [0.717, 1.165) is 52.3 Å². The van der Waals surface area contributed by atoms with Gasteiger partial charge in [-0.3, -0.25) is 9.59 Å². The number of benzene rings is 2. The van der Waals surface area contributed by atoms with Gasteiger partial charge in [0.25, 0.3) is 0 Å². The van der Waals surface area contributed by atoms with Gasteiger partial charge in [0, 0.05) is 24.2 Å². The molecule has 3 aliphatic rings. The van der Waals surface area contributed by atoms with Crippen molar-refractivity contribution in [1.82, 2.24) is 15.6 Å². The molecule has 7 nitrogen and oxygen atoms in total. The highest BCUT2D eigenvalue weighted by Crippen LogP contribution is 2.53. The molecule has 0 saturated heterocycles. The molecule has 3 unspecified atom stereocenters. The SMILES string of the molecule is CC(=O)C[C@@H]1CC[C@H](NC(=O)C2Sc3nccc4c3C2(C)NC(=O)C4c2ccc(Oc3ccccc3)cc2C)C1. The highest BCUT2D eigenvalue weighted by molar-refractivity contribution is 8.01. The molecular formula is C32H33N3O4S. The molecule has 1 saturated carbocycles. The number of aryl methyl sites for hydroxylation is 1. The second-order valence-corrected chi connectivity index (χ2v) is 12.5. The molecular weight excluding hydrogens is 522 g/mol. The summed E-state index contributed by atoms with van der Waals surface area (Å²) in [7, 11) is 0. The Bertz CT molecular complexity index is 1490. The molecule has 0 bridgehead atoms. The minimum Gasteiger partial charge on any atom is -0.457 e. The molecule has 0 spiro atoms. The van der Waals surface area contributed by atoms with Crippen LogP contribution in [0.3, 0.4) is 0 Å². The zero-order chi connectivity index (χ0) is 28.0. The smallest absolute Gasteiger partial charge is 0.236 e. The zero-order valence-corrected chi connectivity index (χ0v) is 23.7. The number of pyridine rings is 1. The van der Waals surface area contributed by atoms with Crippen molar-refractivity contribution in [2.24, 2.45) is 5.92 Å². The van der Waals surface area contributed by atoms with Crippen LogP contribution in [0.4, 0.5) is 0 Å². The van der Waals surface area contributed by atoms with Gasteiger partial charge in [-0.1, -0.05) is 36.0 Å². The summed E-state index contributed by atoms with van der Waals surface area (Å²) < 4.78 is 6.01. The molecule has 1 fully saturated rings. The molecule has 3 aromatic rings. The van der Waals surface area contributed by atoms with Gasteiger partial charge >= 0.3 is 0 Å². The predicted octanol–water partition coefficient (Wildman–Crippen LogP) is 5.40. The first-order valence-electron chi connectivity index (χ1n) is 13.8. The van der Waals surface area contributed by atoms with Crippen molar-refractivity contribution in [2.75, 3.05) is 0 Å². The molecule has 2 aromatic carbocycles. The van der Waals surface area contributed by atoms with Crippen molar-refractivity contribution in [3.8, 4) is 11.5 Å². The Morgan fingerprint density at radius 3 is 2.65 bits per heavy atom. The summed E-state index contributed by atoms with van der Waals surface area (Å²) in [6, 6.07) is 17.4. The van der Waals surface area contributed by atoms with Crippen molar-refractivity contribution in [3.05, 3.63) is 83.0 Å². The van der Waals surface area contributed by atoms with Crippen LogP contribution in [-0.2, 0) is 19.9 Å². The van der Waals surface area contributed by atoms with E-state index >= 15 is 0 Å². The normalized spacial score (nSPS) is 26.6. The lowest BCUT2D eigenvalue weighted by Crippen LogP contribution is -2.58. The van der Waals surface area contributed by atoms with Gasteiger partial charge in [0.05, 0.1) is 11.5 Å². The second-order valence-electron chi connectivity index (χ2n) is 11.4. The third kappa shape index (κ3) is 4.79. The van der Waals surface area contributed by atoms with Gasteiger partial charge in [-0.25, -0.2) is 4.98 Å². The molecule has 2 amide bonds. The molecule has 8 heteroatoms. The summed E-state index contributed by atoms with van der Waals surface area (Å²) in [5.74, 6) is 1.23. The van der Waals surface area contributed by atoms with Crippen LogP contribution in [0.5, 0.6) is 11.5 Å². The number of Topliss-reactive ketones (excluding diaryl/α,β-unsaturated/α-hetero) is 1. The van der Waals surface area contributed by atoms with Gasteiger partial charge in [-0.05, 0) is 93.0 Å². The van der Waals surface area contributed by atoms with Crippen LogP contribution in [0.25, 0.3) is 0 Å². The summed E-state index contributed by atoms with van der Waals surface area (Å²) in [5.41, 5.74) is 2.79.